The molecule has 0 unspecified atom stereocenters. The molecule has 1 heterocycles. The Morgan fingerprint density at radius 2 is 1.83 bits per heavy atom. The molecule has 2 amide bonds. The standard InChI is InChI=1S/C14H14N4O3S3/c1-8(19)9-3-2-4-10(5-9)16-12(21)7-23-14-18-17-13(24-14)22-6-11(15)20/h2-5H,6-7H2,1H3,(H2,15,20)(H,16,21). The fourth-order valence-electron chi connectivity index (χ4n) is 1.59. The number of carbonyl (C=O) groups excluding carboxylic acids is 3. The van der Waals surface area contributed by atoms with Gasteiger partial charge in [-0.25, -0.2) is 0 Å². The first-order valence-electron chi connectivity index (χ1n) is 6.72. The minimum Gasteiger partial charge on any atom is -0.369 e. The molecule has 0 fully saturated rings. The monoisotopic (exact) mass is 382 g/mol. The van der Waals surface area contributed by atoms with Crippen LogP contribution in [0.4, 0.5) is 5.69 Å². The van der Waals surface area contributed by atoms with Crippen molar-refractivity contribution in [3.05, 3.63) is 29.8 Å². The van der Waals surface area contributed by atoms with Crippen molar-refractivity contribution in [2.45, 2.75) is 15.6 Å². The Kier molecular flexibility index (Phi) is 6.76. The summed E-state index contributed by atoms with van der Waals surface area (Å²) in [7, 11) is 0. The highest BCUT2D eigenvalue weighted by Gasteiger charge is 2.10. The van der Waals surface area contributed by atoms with Gasteiger partial charge < -0.3 is 11.1 Å². The van der Waals surface area contributed by atoms with E-state index in [0.29, 0.717) is 19.9 Å². The van der Waals surface area contributed by atoms with Crippen LogP contribution in [0.2, 0.25) is 0 Å². The normalized spacial score (nSPS) is 10.4. The van der Waals surface area contributed by atoms with Crippen molar-refractivity contribution < 1.29 is 14.4 Å². The van der Waals surface area contributed by atoms with Crippen LogP contribution >= 0.6 is 34.9 Å². The van der Waals surface area contributed by atoms with Gasteiger partial charge in [-0.15, -0.1) is 10.2 Å². The second-order valence-electron chi connectivity index (χ2n) is 4.56. The van der Waals surface area contributed by atoms with E-state index in [2.05, 4.69) is 15.5 Å². The Bertz CT molecular complexity index is 763. The molecule has 1 aromatic heterocycles. The van der Waals surface area contributed by atoms with Crippen LogP contribution in [0.25, 0.3) is 0 Å². The molecule has 0 spiro atoms. The molecule has 0 radical (unpaired) electrons. The number of carbonyl (C=O) groups is 3. The number of anilines is 1. The van der Waals surface area contributed by atoms with E-state index in [1.807, 2.05) is 0 Å². The fraction of sp³-hybridized carbons (Fsp3) is 0.214. The molecule has 0 atom stereocenters. The van der Waals surface area contributed by atoms with E-state index in [4.69, 9.17) is 5.73 Å². The molecule has 0 saturated heterocycles. The maximum absolute atomic E-state index is 12.0. The summed E-state index contributed by atoms with van der Waals surface area (Å²) in [5, 5.41) is 10.6. The van der Waals surface area contributed by atoms with Gasteiger partial charge in [0.1, 0.15) is 0 Å². The lowest BCUT2D eigenvalue weighted by Crippen LogP contribution is -2.14. The lowest BCUT2D eigenvalue weighted by Gasteiger charge is -2.05. The number of benzene rings is 1. The molecule has 10 heteroatoms. The van der Waals surface area contributed by atoms with Gasteiger partial charge in [0.05, 0.1) is 11.5 Å². The Labute approximate surface area is 150 Å². The smallest absolute Gasteiger partial charge is 0.234 e. The number of nitrogens with zero attached hydrogens (tertiary/aromatic N) is 2. The lowest BCUT2D eigenvalue weighted by atomic mass is 10.1. The minimum absolute atomic E-state index is 0.0599. The van der Waals surface area contributed by atoms with Crippen LogP contribution in [0.3, 0.4) is 0 Å². The van der Waals surface area contributed by atoms with Crippen LogP contribution in [-0.2, 0) is 9.59 Å². The fourth-order valence-corrected chi connectivity index (χ4v) is 4.15. The van der Waals surface area contributed by atoms with Crippen LogP contribution in [0.15, 0.2) is 32.9 Å². The van der Waals surface area contributed by atoms with Gasteiger partial charge >= 0.3 is 0 Å². The van der Waals surface area contributed by atoms with Crippen LogP contribution in [0, 0.1) is 0 Å². The van der Waals surface area contributed by atoms with Gasteiger partial charge in [0.2, 0.25) is 11.8 Å². The third kappa shape index (κ3) is 5.95. The van der Waals surface area contributed by atoms with Crippen molar-refractivity contribution in [1.29, 1.82) is 0 Å². The van der Waals surface area contributed by atoms with Crippen LogP contribution in [0.5, 0.6) is 0 Å². The van der Waals surface area contributed by atoms with Crippen LogP contribution in [-0.4, -0.2) is 39.3 Å². The number of Topliss-reactive ketones (excluding diaryl/α,β-unsaturated/α-hetero) is 1. The number of hydrogen-bond donors (Lipinski definition) is 2. The summed E-state index contributed by atoms with van der Waals surface area (Å²) in [4.78, 5) is 34.0. The molecular weight excluding hydrogens is 368 g/mol. The zero-order valence-corrected chi connectivity index (χ0v) is 15.1. The predicted molar refractivity (Wildman–Crippen MR) is 95.6 cm³/mol. The lowest BCUT2D eigenvalue weighted by molar-refractivity contribution is -0.115. The van der Waals surface area contributed by atoms with Gasteiger partial charge in [0.15, 0.2) is 14.5 Å². The van der Waals surface area contributed by atoms with Gasteiger partial charge in [-0.3, -0.25) is 14.4 Å². The van der Waals surface area contributed by atoms with Gasteiger partial charge in [-0.05, 0) is 19.1 Å². The van der Waals surface area contributed by atoms with E-state index in [-0.39, 0.29) is 23.2 Å². The van der Waals surface area contributed by atoms with Gasteiger partial charge in [-0.1, -0.05) is 47.0 Å². The molecule has 0 aliphatic rings. The molecular formula is C14H14N4O3S3. The van der Waals surface area contributed by atoms with Crippen molar-refractivity contribution in [1.82, 2.24) is 10.2 Å². The molecule has 0 aliphatic heterocycles. The molecule has 24 heavy (non-hydrogen) atoms. The van der Waals surface area contributed by atoms with Crippen molar-refractivity contribution in [2.24, 2.45) is 5.73 Å². The molecule has 7 nitrogen and oxygen atoms in total. The highest BCUT2D eigenvalue weighted by Crippen LogP contribution is 2.28. The Morgan fingerprint density at radius 1 is 1.17 bits per heavy atom. The number of ketones is 1. The summed E-state index contributed by atoms with van der Waals surface area (Å²) >= 11 is 3.77. The number of amides is 2. The molecule has 1 aromatic carbocycles. The second kappa shape index (κ2) is 8.81. The summed E-state index contributed by atoms with van der Waals surface area (Å²) in [6.45, 7) is 1.47. The minimum atomic E-state index is -0.420. The molecule has 3 N–H and O–H groups in total. The van der Waals surface area contributed by atoms with Crippen molar-refractivity contribution in [2.75, 3.05) is 16.8 Å². The number of thioether (sulfide) groups is 2. The van der Waals surface area contributed by atoms with E-state index in [9.17, 15) is 14.4 Å². The highest BCUT2D eigenvalue weighted by atomic mass is 32.2. The Balaban J connectivity index is 1.84. The average Bonchev–Trinajstić information content (AvgIpc) is 2.99. The van der Waals surface area contributed by atoms with Crippen LogP contribution in [0.1, 0.15) is 17.3 Å². The van der Waals surface area contributed by atoms with Crippen molar-refractivity contribution in [3.8, 4) is 0 Å². The summed E-state index contributed by atoms with van der Waals surface area (Å²) in [5.74, 6) is -0.375. The molecule has 2 aromatic rings. The number of aromatic nitrogens is 2. The number of hydrogen-bond acceptors (Lipinski definition) is 8. The van der Waals surface area contributed by atoms with E-state index in [1.165, 1.54) is 41.8 Å². The number of primary amides is 1. The molecule has 0 aliphatic carbocycles. The second-order valence-corrected chi connectivity index (χ2v) is 7.99. The third-order valence-electron chi connectivity index (χ3n) is 2.61. The molecule has 2 rings (SSSR count). The van der Waals surface area contributed by atoms with Crippen LogP contribution < -0.4 is 11.1 Å². The third-order valence-corrected chi connectivity index (χ3v) is 5.82. The summed E-state index contributed by atoms with van der Waals surface area (Å²) < 4.78 is 1.26. The van der Waals surface area contributed by atoms with E-state index < -0.39 is 5.91 Å². The quantitative estimate of drug-likeness (QED) is 0.530. The zero-order chi connectivity index (χ0) is 17.5. The predicted octanol–water partition coefficient (Wildman–Crippen LogP) is 2.05. The first-order chi connectivity index (χ1) is 11.4. The Morgan fingerprint density at radius 3 is 2.46 bits per heavy atom. The summed E-state index contributed by atoms with van der Waals surface area (Å²) in [5.41, 5.74) is 6.18. The maximum atomic E-state index is 12.0. The van der Waals surface area contributed by atoms with Crippen molar-refractivity contribution in [3.63, 3.8) is 0 Å². The summed E-state index contributed by atoms with van der Waals surface area (Å²) in [6, 6.07) is 6.76. The topological polar surface area (TPSA) is 115 Å². The van der Waals surface area contributed by atoms with Gasteiger partial charge in [0.25, 0.3) is 0 Å². The zero-order valence-electron chi connectivity index (χ0n) is 12.6. The molecule has 0 bridgehead atoms. The molecule has 0 saturated carbocycles. The first-order valence-corrected chi connectivity index (χ1v) is 9.51. The first kappa shape index (κ1) is 18.4. The number of rotatable bonds is 8. The van der Waals surface area contributed by atoms with E-state index >= 15 is 0 Å². The van der Waals surface area contributed by atoms with E-state index in [1.54, 1.807) is 24.3 Å². The van der Waals surface area contributed by atoms with Gasteiger partial charge in [-0.2, -0.15) is 0 Å². The van der Waals surface area contributed by atoms with E-state index in [0.717, 1.165) is 0 Å². The molecule has 126 valence electrons. The Hall–Kier alpha value is -1.91. The maximum Gasteiger partial charge on any atom is 0.234 e. The largest absolute Gasteiger partial charge is 0.369 e. The summed E-state index contributed by atoms with van der Waals surface area (Å²) in [6.07, 6.45) is 0. The highest BCUT2D eigenvalue weighted by molar-refractivity contribution is 8.03. The van der Waals surface area contributed by atoms with Crippen molar-refractivity contribution >= 4 is 58.1 Å². The number of nitrogens with two attached hydrogens (primary N) is 1. The average molecular weight is 382 g/mol. The number of nitrogens with one attached hydrogen (secondary N) is 1. The SMILES string of the molecule is CC(=O)c1cccc(NC(=O)CSc2nnc(SCC(N)=O)s2)c1. The van der Waals surface area contributed by atoms with Gasteiger partial charge in [0, 0.05) is 11.3 Å².